The molecular weight excluding hydrogens is 228 g/mol. The fraction of sp³-hybridized carbons (Fsp3) is 0.125. The summed E-state index contributed by atoms with van der Waals surface area (Å²) in [7, 11) is 0. The highest BCUT2D eigenvalue weighted by atomic mass is 35.5. The van der Waals surface area contributed by atoms with Gasteiger partial charge in [0.1, 0.15) is 0 Å². The molecule has 1 heteroatoms. The predicted octanol–water partition coefficient (Wildman–Crippen LogP) is 4.99. The van der Waals surface area contributed by atoms with Crippen molar-refractivity contribution in [3.05, 3.63) is 77.3 Å². The van der Waals surface area contributed by atoms with Crippen LogP contribution >= 0.6 is 11.6 Å². The first kappa shape index (κ1) is 11.9. The van der Waals surface area contributed by atoms with Crippen LogP contribution in [0.3, 0.4) is 0 Å². The van der Waals surface area contributed by atoms with Crippen molar-refractivity contribution in [1.82, 2.24) is 0 Å². The van der Waals surface area contributed by atoms with E-state index in [2.05, 4.69) is 30.8 Å². The van der Waals surface area contributed by atoms with Crippen molar-refractivity contribution in [3.8, 4) is 0 Å². The highest BCUT2D eigenvalue weighted by molar-refractivity contribution is 6.30. The quantitative estimate of drug-likeness (QED) is 0.709. The zero-order valence-corrected chi connectivity index (χ0v) is 10.5. The first-order chi connectivity index (χ1) is 8.25. The number of hydrogen-bond donors (Lipinski definition) is 0. The molecule has 86 valence electrons. The molecule has 0 heterocycles. The van der Waals surface area contributed by atoms with Crippen LogP contribution in [0.5, 0.6) is 0 Å². The second kappa shape index (κ2) is 5.70. The third-order valence-electron chi connectivity index (χ3n) is 2.81. The minimum Gasteiger partial charge on any atom is -0.0952 e. The van der Waals surface area contributed by atoms with Gasteiger partial charge in [-0.1, -0.05) is 60.6 Å². The van der Waals surface area contributed by atoms with Gasteiger partial charge in [0.25, 0.3) is 0 Å². The summed E-state index contributed by atoms with van der Waals surface area (Å²) in [5.74, 6) is 0. The first-order valence-electron chi connectivity index (χ1n) is 5.73. The maximum Gasteiger partial charge on any atom is 0.0406 e. The summed E-state index contributed by atoms with van der Waals surface area (Å²) in [5.41, 5.74) is 3.70. The lowest BCUT2D eigenvalue weighted by molar-refractivity contribution is 1.02. The van der Waals surface area contributed by atoms with E-state index in [0.29, 0.717) is 0 Å². The minimum absolute atomic E-state index is 0.788. The predicted molar refractivity (Wildman–Crippen MR) is 75.2 cm³/mol. The van der Waals surface area contributed by atoms with Crippen LogP contribution in [0, 0.1) is 0 Å². The van der Waals surface area contributed by atoms with E-state index >= 15 is 0 Å². The molecule has 2 rings (SSSR count). The Hall–Kier alpha value is -1.53. The molecule has 2 aromatic rings. The Kier molecular flexibility index (Phi) is 4.00. The van der Waals surface area contributed by atoms with Crippen LogP contribution in [0.25, 0.3) is 5.57 Å². The average Bonchev–Trinajstić information content (AvgIpc) is 2.39. The molecule has 0 fully saturated rings. The molecule has 0 N–H and O–H groups in total. The van der Waals surface area contributed by atoms with Gasteiger partial charge >= 0.3 is 0 Å². The van der Waals surface area contributed by atoms with Gasteiger partial charge in [0.15, 0.2) is 0 Å². The molecule has 0 aromatic heterocycles. The van der Waals surface area contributed by atoms with Crippen LogP contribution in [0.2, 0.25) is 5.02 Å². The van der Waals surface area contributed by atoms with Gasteiger partial charge in [-0.3, -0.25) is 0 Å². The summed E-state index contributed by atoms with van der Waals surface area (Å²) < 4.78 is 0. The van der Waals surface area contributed by atoms with Crippen LogP contribution in [-0.4, -0.2) is 0 Å². The highest BCUT2D eigenvalue weighted by Crippen LogP contribution is 2.19. The number of allylic oxidation sites excluding steroid dienone is 1. The summed E-state index contributed by atoms with van der Waals surface area (Å²) in [4.78, 5) is 0. The molecule has 0 aliphatic carbocycles. The van der Waals surface area contributed by atoms with Gasteiger partial charge in [0, 0.05) is 5.02 Å². The molecule has 0 radical (unpaired) electrons. The Bertz CT molecular complexity index is 483. The number of benzene rings is 2. The van der Waals surface area contributed by atoms with E-state index in [9.17, 15) is 0 Å². The van der Waals surface area contributed by atoms with Gasteiger partial charge in [-0.2, -0.15) is 0 Å². The lowest BCUT2D eigenvalue weighted by Crippen LogP contribution is -1.88. The van der Waals surface area contributed by atoms with E-state index < -0.39 is 0 Å². The number of aryl methyl sites for hydroxylation is 1. The fourth-order valence-electron chi connectivity index (χ4n) is 1.76. The molecule has 0 unspecified atom stereocenters. The molecule has 0 aliphatic heterocycles. The third kappa shape index (κ3) is 3.47. The van der Waals surface area contributed by atoms with Crippen LogP contribution in [-0.2, 0) is 6.42 Å². The number of rotatable bonds is 4. The maximum atomic E-state index is 5.85. The SMILES string of the molecule is C=C(CCc1ccc(Cl)cc1)c1ccccc1. The second-order valence-electron chi connectivity index (χ2n) is 4.10. The summed E-state index contributed by atoms with van der Waals surface area (Å²) in [5, 5.41) is 0.788. The molecule has 0 bridgehead atoms. The van der Waals surface area contributed by atoms with Crippen molar-refractivity contribution in [2.45, 2.75) is 12.8 Å². The van der Waals surface area contributed by atoms with Gasteiger partial charge in [-0.25, -0.2) is 0 Å². The molecule has 0 atom stereocenters. The zero-order valence-electron chi connectivity index (χ0n) is 9.70. The van der Waals surface area contributed by atoms with Crippen molar-refractivity contribution < 1.29 is 0 Å². The maximum absolute atomic E-state index is 5.85. The van der Waals surface area contributed by atoms with Gasteiger partial charge in [0.2, 0.25) is 0 Å². The summed E-state index contributed by atoms with van der Waals surface area (Å²) >= 11 is 5.85. The summed E-state index contributed by atoms with van der Waals surface area (Å²) in [6.45, 7) is 4.13. The lowest BCUT2D eigenvalue weighted by atomic mass is 10.00. The molecule has 0 aliphatic rings. The molecule has 0 spiro atoms. The van der Waals surface area contributed by atoms with Crippen LogP contribution in [0.4, 0.5) is 0 Å². The minimum atomic E-state index is 0.788. The lowest BCUT2D eigenvalue weighted by Gasteiger charge is -2.06. The van der Waals surface area contributed by atoms with E-state index in [-0.39, 0.29) is 0 Å². The Morgan fingerprint density at radius 3 is 2.24 bits per heavy atom. The highest BCUT2D eigenvalue weighted by Gasteiger charge is 1.99. The molecule has 0 saturated heterocycles. The molecule has 0 saturated carbocycles. The average molecular weight is 243 g/mol. The Labute approximate surface area is 108 Å². The largest absolute Gasteiger partial charge is 0.0952 e. The third-order valence-corrected chi connectivity index (χ3v) is 3.06. The zero-order chi connectivity index (χ0) is 12.1. The van der Waals surface area contributed by atoms with Crippen molar-refractivity contribution in [2.24, 2.45) is 0 Å². The number of halogens is 1. The van der Waals surface area contributed by atoms with Gasteiger partial charge in [0.05, 0.1) is 0 Å². The van der Waals surface area contributed by atoms with Crippen molar-refractivity contribution in [2.75, 3.05) is 0 Å². The topological polar surface area (TPSA) is 0 Å². The molecule has 2 aromatic carbocycles. The van der Waals surface area contributed by atoms with Crippen LogP contribution in [0.1, 0.15) is 17.5 Å². The smallest absolute Gasteiger partial charge is 0.0406 e. The Morgan fingerprint density at radius 2 is 1.59 bits per heavy atom. The van der Waals surface area contributed by atoms with Crippen molar-refractivity contribution in [1.29, 1.82) is 0 Å². The van der Waals surface area contributed by atoms with E-state index in [1.807, 2.05) is 30.3 Å². The van der Waals surface area contributed by atoms with E-state index in [0.717, 1.165) is 17.9 Å². The van der Waals surface area contributed by atoms with Gasteiger partial charge < -0.3 is 0 Å². The normalized spacial score (nSPS) is 10.2. The molecule has 0 nitrogen and oxygen atoms in total. The first-order valence-corrected chi connectivity index (χ1v) is 6.11. The van der Waals surface area contributed by atoms with E-state index in [1.54, 1.807) is 0 Å². The molecule has 0 amide bonds. The Morgan fingerprint density at radius 1 is 0.941 bits per heavy atom. The molecular formula is C16H15Cl. The van der Waals surface area contributed by atoms with E-state index in [4.69, 9.17) is 11.6 Å². The van der Waals surface area contributed by atoms with Gasteiger partial charge in [-0.15, -0.1) is 0 Å². The standard InChI is InChI=1S/C16H15Cl/c1-13(15-5-3-2-4-6-15)7-8-14-9-11-16(17)12-10-14/h2-6,9-12H,1,7-8H2. The molecule has 17 heavy (non-hydrogen) atoms. The number of hydrogen-bond acceptors (Lipinski definition) is 0. The van der Waals surface area contributed by atoms with Crippen molar-refractivity contribution in [3.63, 3.8) is 0 Å². The second-order valence-corrected chi connectivity index (χ2v) is 4.53. The monoisotopic (exact) mass is 242 g/mol. The van der Waals surface area contributed by atoms with E-state index in [1.165, 1.54) is 16.7 Å². The Balaban J connectivity index is 1.95. The van der Waals surface area contributed by atoms with Crippen molar-refractivity contribution >= 4 is 17.2 Å². The van der Waals surface area contributed by atoms with Crippen LogP contribution < -0.4 is 0 Å². The van der Waals surface area contributed by atoms with Crippen LogP contribution in [0.15, 0.2) is 61.2 Å². The summed E-state index contributed by atoms with van der Waals surface area (Å²) in [6.07, 6.45) is 1.98. The summed E-state index contributed by atoms with van der Waals surface area (Å²) in [6, 6.07) is 18.3. The fourth-order valence-corrected chi connectivity index (χ4v) is 1.89. The van der Waals surface area contributed by atoms with Gasteiger partial charge in [-0.05, 0) is 41.7 Å².